The van der Waals surface area contributed by atoms with Crippen molar-refractivity contribution in [1.29, 1.82) is 0 Å². The molecule has 0 aliphatic carbocycles. The fourth-order valence-corrected chi connectivity index (χ4v) is 2.57. The number of likely N-dealkylation sites (tertiary alicyclic amines) is 1. The summed E-state index contributed by atoms with van der Waals surface area (Å²) < 4.78 is 0. The van der Waals surface area contributed by atoms with Crippen molar-refractivity contribution in [3.05, 3.63) is 47.5 Å². The number of nitrogens with zero attached hydrogens (tertiary/aromatic N) is 1. The van der Waals surface area contributed by atoms with Crippen LogP contribution in [0.4, 0.5) is 0 Å². The van der Waals surface area contributed by atoms with Gasteiger partial charge in [-0.2, -0.15) is 0 Å². The molecule has 1 aliphatic rings. The summed E-state index contributed by atoms with van der Waals surface area (Å²) in [5.74, 6) is 0. The normalized spacial score (nSPS) is 17.0. The lowest BCUT2D eigenvalue weighted by Gasteiger charge is -2.27. The fourth-order valence-electron chi connectivity index (χ4n) is 2.57. The van der Waals surface area contributed by atoms with Gasteiger partial charge in [-0.3, -0.25) is 4.90 Å². The first-order valence-electron chi connectivity index (χ1n) is 6.69. The fraction of sp³-hybridized carbons (Fsp3) is 0.500. The van der Waals surface area contributed by atoms with Crippen molar-refractivity contribution in [2.75, 3.05) is 13.1 Å². The Bertz CT molecular complexity index is 375. The van der Waals surface area contributed by atoms with E-state index in [1.54, 1.807) is 0 Å². The maximum atomic E-state index is 4.02. The Morgan fingerprint density at radius 1 is 1.12 bits per heavy atom. The topological polar surface area (TPSA) is 3.24 Å². The Labute approximate surface area is 105 Å². The predicted molar refractivity (Wildman–Crippen MR) is 74.1 cm³/mol. The van der Waals surface area contributed by atoms with Crippen molar-refractivity contribution in [2.24, 2.45) is 0 Å². The van der Waals surface area contributed by atoms with Gasteiger partial charge in [0.25, 0.3) is 0 Å². The number of hydrogen-bond acceptors (Lipinski definition) is 1. The third-order valence-corrected chi connectivity index (χ3v) is 3.45. The Morgan fingerprint density at radius 3 is 2.41 bits per heavy atom. The summed E-state index contributed by atoms with van der Waals surface area (Å²) in [6.07, 6.45) is 5.15. The zero-order valence-corrected chi connectivity index (χ0v) is 10.9. The molecular weight excluding hydrogens is 206 g/mol. The largest absolute Gasteiger partial charge is 0.299 e. The Morgan fingerprint density at radius 2 is 1.76 bits per heavy atom. The lowest BCUT2D eigenvalue weighted by atomic mass is 10.00. The molecule has 1 fully saturated rings. The van der Waals surface area contributed by atoms with Crippen LogP contribution >= 0.6 is 0 Å². The molecule has 0 radical (unpaired) electrons. The second-order valence-electron chi connectivity index (χ2n) is 5.24. The molecule has 92 valence electrons. The van der Waals surface area contributed by atoms with Gasteiger partial charge in [-0.1, -0.05) is 42.8 Å². The zero-order valence-electron chi connectivity index (χ0n) is 10.9. The van der Waals surface area contributed by atoms with E-state index in [4.69, 9.17) is 0 Å². The molecule has 0 atom stereocenters. The van der Waals surface area contributed by atoms with Crippen molar-refractivity contribution in [3.63, 3.8) is 0 Å². The summed E-state index contributed by atoms with van der Waals surface area (Å²) >= 11 is 0. The van der Waals surface area contributed by atoms with Gasteiger partial charge in [0.05, 0.1) is 0 Å². The van der Waals surface area contributed by atoms with Gasteiger partial charge in [0.2, 0.25) is 0 Å². The first-order valence-corrected chi connectivity index (χ1v) is 6.69. The van der Waals surface area contributed by atoms with Crippen molar-refractivity contribution in [3.8, 4) is 0 Å². The van der Waals surface area contributed by atoms with Crippen LogP contribution in [0.25, 0.3) is 0 Å². The Balaban J connectivity index is 2.05. The molecule has 0 aromatic heterocycles. The van der Waals surface area contributed by atoms with Crippen LogP contribution < -0.4 is 0 Å². The first kappa shape index (κ1) is 12.4. The van der Waals surface area contributed by atoms with Crippen molar-refractivity contribution in [2.45, 2.75) is 39.2 Å². The highest BCUT2D eigenvalue weighted by Gasteiger charge is 2.12. The van der Waals surface area contributed by atoms with E-state index in [-0.39, 0.29) is 0 Å². The van der Waals surface area contributed by atoms with E-state index in [0.29, 0.717) is 0 Å². The van der Waals surface area contributed by atoms with Crippen LogP contribution in [0.5, 0.6) is 0 Å². The zero-order chi connectivity index (χ0) is 12.1. The van der Waals surface area contributed by atoms with Gasteiger partial charge in [0, 0.05) is 6.54 Å². The highest BCUT2D eigenvalue weighted by atomic mass is 15.1. The maximum absolute atomic E-state index is 4.02. The van der Waals surface area contributed by atoms with Crippen molar-refractivity contribution >= 4 is 0 Å². The number of benzene rings is 1. The SMILES string of the molecule is C=C(C)Cc1ccccc1CN1CCCCC1. The standard InChI is InChI=1S/C16H23N/c1-14(2)12-15-8-4-5-9-16(15)13-17-10-6-3-7-11-17/h4-5,8-9H,1,3,6-7,10-13H2,2H3. The molecule has 1 aromatic rings. The third kappa shape index (κ3) is 3.71. The van der Waals surface area contributed by atoms with Crippen LogP contribution in [0.1, 0.15) is 37.3 Å². The van der Waals surface area contributed by atoms with Crippen LogP contribution in [-0.4, -0.2) is 18.0 Å². The van der Waals surface area contributed by atoms with Gasteiger partial charge in [0.15, 0.2) is 0 Å². The maximum Gasteiger partial charge on any atom is 0.0236 e. The van der Waals surface area contributed by atoms with Gasteiger partial charge >= 0.3 is 0 Å². The van der Waals surface area contributed by atoms with Crippen molar-refractivity contribution < 1.29 is 0 Å². The van der Waals surface area contributed by atoms with Gasteiger partial charge < -0.3 is 0 Å². The summed E-state index contributed by atoms with van der Waals surface area (Å²) in [6, 6.07) is 8.81. The molecule has 1 heterocycles. The average molecular weight is 229 g/mol. The molecule has 0 bridgehead atoms. The lowest BCUT2D eigenvalue weighted by Crippen LogP contribution is -2.29. The van der Waals surface area contributed by atoms with Gasteiger partial charge in [0.1, 0.15) is 0 Å². The minimum Gasteiger partial charge on any atom is -0.299 e. The minimum absolute atomic E-state index is 1.02. The molecule has 0 amide bonds. The smallest absolute Gasteiger partial charge is 0.0236 e. The van der Waals surface area contributed by atoms with Gasteiger partial charge in [-0.15, -0.1) is 0 Å². The van der Waals surface area contributed by atoms with Crippen LogP contribution in [0.3, 0.4) is 0 Å². The molecule has 0 unspecified atom stereocenters. The molecule has 0 saturated carbocycles. The molecular formula is C16H23N. The van der Waals surface area contributed by atoms with Crippen molar-refractivity contribution in [1.82, 2.24) is 4.90 Å². The van der Waals surface area contributed by atoms with Crippen LogP contribution in [0, 0.1) is 0 Å². The number of piperidine rings is 1. The summed E-state index contributed by atoms with van der Waals surface area (Å²) in [7, 11) is 0. The number of hydrogen-bond donors (Lipinski definition) is 0. The molecule has 1 aromatic carbocycles. The van der Waals surface area contributed by atoms with E-state index in [0.717, 1.165) is 13.0 Å². The highest BCUT2D eigenvalue weighted by Crippen LogP contribution is 2.17. The molecule has 2 rings (SSSR count). The summed E-state index contributed by atoms with van der Waals surface area (Å²) in [5.41, 5.74) is 4.18. The van der Waals surface area contributed by atoms with Crippen LogP contribution in [-0.2, 0) is 13.0 Å². The first-order chi connectivity index (χ1) is 8.25. The Hall–Kier alpha value is -1.08. The Kier molecular flexibility index (Phi) is 4.38. The molecule has 1 heteroatoms. The third-order valence-electron chi connectivity index (χ3n) is 3.45. The number of allylic oxidation sites excluding steroid dienone is 1. The van der Waals surface area contributed by atoms with Crippen LogP contribution in [0.15, 0.2) is 36.4 Å². The quantitative estimate of drug-likeness (QED) is 0.710. The predicted octanol–water partition coefficient (Wildman–Crippen LogP) is 3.79. The molecule has 0 N–H and O–H groups in total. The molecule has 1 saturated heterocycles. The summed E-state index contributed by atoms with van der Waals surface area (Å²) in [6.45, 7) is 9.78. The van der Waals surface area contributed by atoms with E-state index in [1.807, 2.05) is 0 Å². The lowest BCUT2D eigenvalue weighted by molar-refractivity contribution is 0.220. The summed E-state index contributed by atoms with van der Waals surface area (Å²) in [4.78, 5) is 2.58. The molecule has 0 spiro atoms. The summed E-state index contributed by atoms with van der Waals surface area (Å²) in [5, 5.41) is 0. The van der Waals surface area contributed by atoms with E-state index < -0.39 is 0 Å². The van der Waals surface area contributed by atoms with Crippen LogP contribution in [0.2, 0.25) is 0 Å². The van der Waals surface area contributed by atoms with E-state index >= 15 is 0 Å². The molecule has 1 aliphatic heterocycles. The second-order valence-corrected chi connectivity index (χ2v) is 5.24. The highest BCUT2D eigenvalue weighted by molar-refractivity contribution is 5.30. The van der Waals surface area contributed by atoms with Gasteiger partial charge in [-0.25, -0.2) is 0 Å². The monoisotopic (exact) mass is 229 g/mol. The van der Waals surface area contributed by atoms with Gasteiger partial charge in [-0.05, 0) is 50.4 Å². The number of rotatable bonds is 4. The molecule has 1 nitrogen and oxygen atoms in total. The minimum atomic E-state index is 1.02. The van der Waals surface area contributed by atoms with E-state index in [9.17, 15) is 0 Å². The second kappa shape index (κ2) is 6.02. The average Bonchev–Trinajstić information content (AvgIpc) is 2.32. The van der Waals surface area contributed by atoms with E-state index in [1.165, 1.54) is 49.1 Å². The molecule has 17 heavy (non-hydrogen) atoms. The van der Waals surface area contributed by atoms with E-state index in [2.05, 4.69) is 42.7 Å².